The maximum absolute atomic E-state index is 1.58. The molecule has 3 aliphatic carbocycles. The van der Waals surface area contributed by atoms with Crippen LogP contribution in [0, 0.1) is 23.7 Å². The minimum Gasteiger partial charge on any atom is -0.0533 e. The quantitative estimate of drug-likeness (QED) is 0.451. The predicted octanol–water partition coefficient (Wildman–Crippen LogP) is 9.85. The van der Waals surface area contributed by atoms with Crippen LogP contribution >= 0.6 is 0 Å². The highest BCUT2D eigenvalue weighted by Gasteiger charge is 2.35. The second-order valence-corrected chi connectivity index (χ2v) is 11.0. The molecule has 0 aromatic heterocycles. The van der Waals surface area contributed by atoms with Gasteiger partial charge in [-0.2, -0.15) is 0 Å². The Bertz CT molecular complexity index is 285. The van der Waals surface area contributed by atoms with Crippen molar-refractivity contribution < 1.29 is 0 Å². The summed E-state index contributed by atoms with van der Waals surface area (Å²) in [5.41, 5.74) is 0. The zero-order valence-corrected chi connectivity index (χ0v) is 19.3. The third-order valence-corrected chi connectivity index (χ3v) is 8.83. The van der Waals surface area contributed by atoms with Crippen molar-refractivity contribution in [1.29, 1.82) is 0 Å². The SMILES string of the molecule is C1CCCCC(C(C2CCCCCCCC2)C2CCCCCCCC2)CCC1. The highest BCUT2D eigenvalue weighted by atomic mass is 14.4. The van der Waals surface area contributed by atoms with Gasteiger partial charge in [-0.25, -0.2) is 0 Å². The van der Waals surface area contributed by atoms with E-state index in [2.05, 4.69) is 0 Å². The molecule has 3 fully saturated rings. The molecule has 0 nitrogen and oxygen atoms in total. The molecule has 0 heteroatoms. The Hall–Kier alpha value is 0. The van der Waals surface area contributed by atoms with Crippen LogP contribution in [0.3, 0.4) is 0 Å². The Labute approximate surface area is 178 Å². The topological polar surface area (TPSA) is 0 Å². The fourth-order valence-electron chi connectivity index (χ4n) is 7.30. The molecule has 3 rings (SSSR count). The number of hydrogen-bond donors (Lipinski definition) is 0. The monoisotopic (exact) mass is 388 g/mol. The van der Waals surface area contributed by atoms with Crippen LogP contribution in [-0.2, 0) is 0 Å². The molecular weight excluding hydrogens is 336 g/mol. The van der Waals surface area contributed by atoms with Crippen LogP contribution in [0.4, 0.5) is 0 Å². The minimum absolute atomic E-state index is 1.08. The Balaban J connectivity index is 1.75. The van der Waals surface area contributed by atoms with Gasteiger partial charge in [-0.15, -0.1) is 0 Å². The van der Waals surface area contributed by atoms with Gasteiger partial charge >= 0.3 is 0 Å². The summed E-state index contributed by atoms with van der Waals surface area (Å²) in [5, 5.41) is 0. The zero-order valence-electron chi connectivity index (χ0n) is 19.3. The molecule has 0 aliphatic heterocycles. The molecule has 3 aliphatic rings. The van der Waals surface area contributed by atoms with E-state index in [1.54, 1.807) is 77.0 Å². The van der Waals surface area contributed by atoms with Crippen molar-refractivity contribution in [1.82, 2.24) is 0 Å². The highest BCUT2D eigenvalue weighted by molar-refractivity contribution is 4.85. The normalized spacial score (nSPS) is 27.3. The number of hydrogen-bond acceptors (Lipinski definition) is 0. The maximum Gasteiger partial charge on any atom is -0.0329 e. The van der Waals surface area contributed by atoms with Gasteiger partial charge in [0.25, 0.3) is 0 Å². The summed E-state index contributed by atoms with van der Waals surface area (Å²) in [6.45, 7) is 0. The Morgan fingerprint density at radius 2 is 0.429 bits per heavy atom. The van der Waals surface area contributed by atoms with Gasteiger partial charge in [0.05, 0.1) is 0 Å². The molecule has 0 N–H and O–H groups in total. The molecule has 0 aromatic rings. The first-order valence-corrected chi connectivity index (χ1v) is 13.9. The molecule has 0 bridgehead atoms. The summed E-state index contributed by atoms with van der Waals surface area (Å²) < 4.78 is 0. The highest BCUT2D eigenvalue weighted by Crippen LogP contribution is 2.45. The molecule has 0 saturated heterocycles. The molecule has 3 saturated carbocycles. The summed E-state index contributed by atoms with van der Waals surface area (Å²) >= 11 is 0. The van der Waals surface area contributed by atoms with E-state index in [9.17, 15) is 0 Å². The van der Waals surface area contributed by atoms with E-state index in [-0.39, 0.29) is 0 Å². The molecule has 28 heavy (non-hydrogen) atoms. The average molecular weight is 389 g/mol. The van der Waals surface area contributed by atoms with Crippen molar-refractivity contribution in [2.75, 3.05) is 0 Å². The standard InChI is InChI=1S/C28H52/c1-2-8-14-20-25(19-13-7-1)28(26-21-15-9-3-4-10-16-22-26)27-23-17-11-5-6-12-18-24-27/h25-28H,1-24H2. The Kier molecular flexibility index (Phi) is 11.4. The molecule has 0 spiro atoms. The lowest BCUT2D eigenvalue weighted by Crippen LogP contribution is -2.31. The third-order valence-electron chi connectivity index (χ3n) is 8.83. The molecule has 164 valence electrons. The summed E-state index contributed by atoms with van der Waals surface area (Å²) in [7, 11) is 0. The molecule has 0 amide bonds. The first-order chi connectivity index (χ1) is 13.9. The van der Waals surface area contributed by atoms with Crippen LogP contribution in [0.25, 0.3) is 0 Å². The Morgan fingerprint density at radius 1 is 0.250 bits per heavy atom. The van der Waals surface area contributed by atoms with Crippen LogP contribution in [0.15, 0.2) is 0 Å². The van der Waals surface area contributed by atoms with Crippen LogP contribution < -0.4 is 0 Å². The largest absolute Gasteiger partial charge is 0.0533 e. The second kappa shape index (κ2) is 14.1. The molecule has 0 radical (unpaired) electrons. The van der Waals surface area contributed by atoms with Gasteiger partial charge in [-0.05, 0) is 23.7 Å². The van der Waals surface area contributed by atoms with Crippen molar-refractivity contribution in [3.05, 3.63) is 0 Å². The summed E-state index contributed by atoms with van der Waals surface area (Å²) in [5.74, 6) is 4.33. The Morgan fingerprint density at radius 3 is 0.643 bits per heavy atom. The van der Waals surface area contributed by atoms with Gasteiger partial charge in [0, 0.05) is 0 Å². The fraction of sp³-hybridized carbons (Fsp3) is 1.00. The predicted molar refractivity (Wildman–Crippen MR) is 125 cm³/mol. The molecule has 0 unspecified atom stereocenters. The number of rotatable bonds is 3. The summed E-state index contributed by atoms with van der Waals surface area (Å²) in [6.07, 6.45) is 37.0. The fourth-order valence-corrected chi connectivity index (χ4v) is 7.30. The third kappa shape index (κ3) is 8.02. The van der Waals surface area contributed by atoms with E-state index >= 15 is 0 Å². The summed E-state index contributed by atoms with van der Waals surface area (Å²) in [4.78, 5) is 0. The summed E-state index contributed by atoms with van der Waals surface area (Å²) in [6, 6.07) is 0. The zero-order chi connectivity index (χ0) is 19.3. The van der Waals surface area contributed by atoms with Gasteiger partial charge < -0.3 is 0 Å². The smallest absolute Gasteiger partial charge is 0.0329 e. The second-order valence-electron chi connectivity index (χ2n) is 11.0. The lowest BCUT2D eigenvalue weighted by Gasteiger charge is -2.40. The van der Waals surface area contributed by atoms with E-state index in [1.807, 2.05) is 0 Å². The van der Waals surface area contributed by atoms with Gasteiger partial charge in [-0.3, -0.25) is 0 Å². The average Bonchev–Trinajstić information content (AvgIpc) is 3.00. The van der Waals surface area contributed by atoms with Crippen molar-refractivity contribution >= 4 is 0 Å². The van der Waals surface area contributed by atoms with Crippen molar-refractivity contribution in [2.24, 2.45) is 23.7 Å². The molecule has 0 heterocycles. The van der Waals surface area contributed by atoms with Crippen molar-refractivity contribution in [2.45, 2.75) is 154 Å². The van der Waals surface area contributed by atoms with E-state index in [1.165, 1.54) is 77.0 Å². The van der Waals surface area contributed by atoms with E-state index < -0.39 is 0 Å². The van der Waals surface area contributed by atoms with Gasteiger partial charge in [0.1, 0.15) is 0 Å². The van der Waals surface area contributed by atoms with Crippen LogP contribution in [0.1, 0.15) is 154 Å². The van der Waals surface area contributed by atoms with Gasteiger partial charge in [0.15, 0.2) is 0 Å². The van der Waals surface area contributed by atoms with Crippen LogP contribution in [0.2, 0.25) is 0 Å². The van der Waals surface area contributed by atoms with E-state index in [4.69, 9.17) is 0 Å². The maximum atomic E-state index is 1.58. The lowest BCUT2D eigenvalue weighted by molar-refractivity contribution is 0.0952. The first-order valence-electron chi connectivity index (χ1n) is 13.9. The first kappa shape index (κ1) is 22.7. The van der Waals surface area contributed by atoms with Gasteiger partial charge in [0.2, 0.25) is 0 Å². The lowest BCUT2D eigenvalue weighted by atomic mass is 9.65. The van der Waals surface area contributed by atoms with E-state index in [0.29, 0.717) is 0 Å². The van der Waals surface area contributed by atoms with Crippen LogP contribution in [0.5, 0.6) is 0 Å². The minimum atomic E-state index is 1.08. The van der Waals surface area contributed by atoms with Crippen molar-refractivity contribution in [3.8, 4) is 0 Å². The molecular formula is C28H52. The van der Waals surface area contributed by atoms with E-state index in [0.717, 1.165) is 23.7 Å². The van der Waals surface area contributed by atoms with Crippen molar-refractivity contribution in [3.63, 3.8) is 0 Å². The van der Waals surface area contributed by atoms with Crippen LogP contribution in [-0.4, -0.2) is 0 Å². The van der Waals surface area contributed by atoms with Gasteiger partial charge in [-0.1, -0.05) is 154 Å². The molecule has 0 atom stereocenters. The molecule has 0 aromatic carbocycles.